The number of rotatable bonds is 1. The molecule has 0 aromatic carbocycles. The van der Waals surface area contributed by atoms with Gasteiger partial charge in [0.05, 0.1) is 12.8 Å². The van der Waals surface area contributed by atoms with Crippen LogP contribution in [-0.4, -0.2) is 33.9 Å². The van der Waals surface area contributed by atoms with E-state index in [1.54, 1.807) is 0 Å². The molecule has 0 unspecified atom stereocenters. The average molecular weight is 165 g/mol. The Morgan fingerprint density at radius 2 is 2.40 bits per heavy atom. The summed E-state index contributed by atoms with van der Waals surface area (Å²) in [5.41, 5.74) is 0. The van der Waals surface area contributed by atoms with E-state index in [1.807, 2.05) is 0 Å². The standard InChI is InChI=1S/C4H7NO4S/c1-10(6,7)9-4-5-2-3-8-4/h2-3H2,1H3. The van der Waals surface area contributed by atoms with Crippen molar-refractivity contribution in [2.75, 3.05) is 19.4 Å². The summed E-state index contributed by atoms with van der Waals surface area (Å²) in [6, 6.07) is 0. The fraction of sp³-hybridized carbons (Fsp3) is 0.750. The highest BCUT2D eigenvalue weighted by molar-refractivity contribution is 7.86. The van der Waals surface area contributed by atoms with Crippen molar-refractivity contribution in [1.29, 1.82) is 0 Å². The molecule has 0 aliphatic carbocycles. The smallest absolute Gasteiger partial charge is 0.399 e. The largest absolute Gasteiger partial charge is 0.448 e. The summed E-state index contributed by atoms with van der Waals surface area (Å²) in [7, 11) is -3.46. The maximum atomic E-state index is 10.4. The molecule has 0 radical (unpaired) electrons. The van der Waals surface area contributed by atoms with Crippen LogP contribution in [0, 0.1) is 0 Å². The Morgan fingerprint density at radius 1 is 1.70 bits per heavy atom. The SMILES string of the molecule is CS(=O)(=O)OC1=NCCO1. The molecule has 0 bridgehead atoms. The fourth-order valence-corrected chi connectivity index (χ4v) is 0.855. The minimum atomic E-state index is -3.46. The highest BCUT2D eigenvalue weighted by Crippen LogP contribution is 1.98. The summed E-state index contributed by atoms with van der Waals surface area (Å²) >= 11 is 0. The predicted octanol–water partition coefficient (Wildman–Crippen LogP) is -0.651. The Kier molecular flexibility index (Phi) is 1.80. The molecule has 0 saturated heterocycles. The maximum Gasteiger partial charge on any atom is 0.399 e. The van der Waals surface area contributed by atoms with Gasteiger partial charge >= 0.3 is 16.2 Å². The van der Waals surface area contributed by atoms with Crippen molar-refractivity contribution in [3.8, 4) is 0 Å². The minimum Gasteiger partial charge on any atom is -0.448 e. The lowest BCUT2D eigenvalue weighted by atomic mass is 10.8. The molecule has 5 nitrogen and oxygen atoms in total. The van der Waals surface area contributed by atoms with E-state index in [9.17, 15) is 8.42 Å². The molecule has 6 heteroatoms. The van der Waals surface area contributed by atoms with Crippen LogP contribution in [0.1, 0.15) is 0 Å². The van der Waals surface area contributed by atoms with E-state index >= 15 is 0 Å². The molecule has 0 aromatic rings. The first-order valence-electron chi connectivity index (χ1n) is 2.65. The lowest BCUT2D eigenvalue weighted by Gasteiger charge is -1.99. The molecule has 0 atom stereocenters. The van der Waals surface area contributed by atoms with Gasteiger partial charge in [-0.1, -0.05) is 0 Å². The first kappa shape index (κ1) is 7.33. The van der Waals surface area contributed by atoms with Gasteiger partial charge in [-0.3, -0.25) is 0 Å². The highest BCUT2D eigenvalue weighted by Gasteiger charge is 2.13. The van der Waals surface area contributed by atoms with Crippen molar-refractivity contribution in [3.05, 3.63) is 0 Å². The Labute approximate surface area is 58.8 Å². The summed E-state index contributed by atoms with van der Waals surface area (Å²) in [5.74, 6) is 0. The van der Waals surface area contributed by atoms with Crippen molar-refractivity contribution in [3.63, 3.8) is 0 Å². The van der Waals surface area contributed by atoms with E-state index in [2.05, 4.69) is 13.9 Å². The van der Waals surface area contributed by atoms with Crippen LogP contribution < -0.4 is 0 Å². The second-order valence-electron chi connectivity index (χ2n) is 1.78. The zero-order chi connectivity index (χ0) is 7.61. The van der Waals surface area contributed by atoms with Crippen LogP contribution in [0.25, 0.3) is 0 Å². The molecule has 1 aliphatic rings. The second-order valence-corrected chi connectivity index (χ2v) is 3.36. The van der Waals surface area contributed by atoms with E-state index in [0.717, 1.165) is 6.26 Å². The van der Waals surface area contributed by atoms with E-state index in [4.69, 9.17) is 0 Å². The molecule has 0 amide bonds. The fourth-order valence-electron chi connectivity index (χ4n) is 0.495. The third-order valence-electron chi connectivity index (χ3n) is 0.780. The van der Waals surface area contributed by atoms with Crippen LogP contribution >= 0.6 is 0 Å². The number of nitrogens with zero attached hydrogens (tertiary/aromatic N) is 1. The minimum absolute atomic E-state index is 0.150. The van der Waals surface area contributed by atoms with Crippen LogP contribution in [-0.2, 0) is 19.0 Å². The van der Waals surface area contributed by atoms with Crippen molar-refractivity contribution in [2.45, 2.75) is 0 Å². The highest BCUT2D eigenvalue weighted by atomic mass is 32.2. The van der Waals surface area contributed by atoms with Gasteiger partial charge in [-0.25, -0.2) is 4.99 Å². The first-order chi connectivity index (χ1) is 4.58. The number of ether oxygens (including phenoxy) is 1. The first-order valence-corrected chi connectivity index (χ1v) is 4.46. The van der Waals surface area contributed by atoms with Gasteiger partial charge in [-0.15, -0.1) is 0 Å². The summed E-state index contributed by atoms with van der Waals surface area (Å²) in [6.07, 6.45) is 0.791. The molecule has 1 heterocycles. The van der Waals surface area contributed by atoms with Gasteiger partial charge in [0, 0.05) is 0 Å². The third-order valence-corrected chi connectivity index (χ3v) is 1.23. The molecule has 0 fully saturated rings. The molecule has 1 aliphatic heterocycles. The number of hydrogen-bond acceptors (Lipinski definition) is 5. The van der Waals surface area contributed by atoms with E-state index < -0.39 is 10.1 Å². The summed E-state index contributed by atoms with van der Waals surface area (Å²) in [6.45, 7) is 0.857. The quantitative estimate of drug-likeness (QED) is 0.484. The van der Waals surface area contributed by atoms with Crippen LogP contribution in [0.2, 0.25) is 0 Å². The van der Waals surface area contributed by atoms with Gasteiger partial charge in [0.2, 0.25) is 0 Å². The predicted molar refractivity (Wildman–Crippen MR) is 34.2 cm³/mol. The van der Waals surface area contributed by atoms with Gasteiger partial charge in [0.1, 0.15) is 6.61 Å². The molecular formula is C4H7NO4S. The lowest BCUT2D eigenvalue weighted by molar-refractivity contribution is 0.276. The van der Waals surface area contributed by atoms with E-state index in [1.165, 1.54) is 0 Å². The lowest BCUT2D eigenvalue weighted by Crippen LogP contribution is -2.11. The monoisotopic (exact) mass is 165 g/mol. The summed E-state index contributed by atoms with van der Waals surface area (Å²) in [4.78, 5) is 3.61. The molecule has 10 heavy (non-hydrogen) atoms. The Morgan fingerprint density at radius 3 is 2.80 bits per heavy atom. The zero-order valence-electron chi connectivity index (χ0n) is 5.40. The number of aliphatic imine (C=N–C) groups is 1. The summed E-state index contributed by atoms with van der Waals surface area (Å²) in [5, 5.41) is 0. The second kappa shape index (κ2) is 2.45. The van der Waals surface area contributed by atoms with E-state index in [-0.39, 0.29) is 6.08 Å². The number of hydrogen-bond donors (Lipinski definition) is 0. The third kappa shape index (κ3) is 2.22. The van der Waals surface area contributed by atoms with Crippen molar-refractivity contribution in [1.82, 2.24) is 0 Å². The van der Waals surface area contributed by atoms with Gasteiger partial charge in [-0.2, -0.15) is 8.42 Å². The maximum absolute atomic E-state index is 10.4. The molecular weight excluding hydrogens is 158 g/mol. The van der Waals surface area contributed by atoms with Gasteiger partial charge in [-0.05, 0) is 0 Å². The van der Waals surface area contributed by atoms with Gasteiger partial charge in [0.25, 0.3) is 0 Å². The Balaban J connectivity index is 2.54. The Hall–Kier alpha value is -0.780. The Bertz CT molecular complexity index is 242. The van der Waals surface area contributed by atoms with Gasteiger partial charge in [0.15, 0.2) is 0 Å². The van der Waals surface area contributed by atoms with Crippen molar-refractivity contribution >= 4 is 16.2 Å². The van der Waals surface area contributed by atoms with Crippen LogP contribution in [0.5, 0.6) is 0 Å². The molecule has 0 aromatic heterocycles. The van der Waals surface area contributed by atoms with Crippen molar-refractivity contribution in [2.24, 2.45) is 4.99 Å². The molecule has 58 valence electrons. The molecule has 0 N–H and O–H groups in total. The van der Waals surface area contributed by atoms with Gasteiger partial charge < -0.3 is 8.92 Å². The molecule has 0 spiro atoms. The zero-order valence-corrected chi connectivity index (χ0v) is 6.22. The average Bonchev–Trinajstić information content (AvgIpc) is 2.12. The van der Waals surface area contributed by atoms with Crippen LogP contribution in [0.4, 0.5) is 0 Å². The summed E-state index contributed by atoms with van der Waals surface area (Å²) < 4.78 is 29.8. The van der Waals surface area contributed by atoms with Crippen LogP contribution in [0.3, 0.4) is 0 Å². The van der Waals surface area contributed by atoms with Crippen LogP contribution in [0.15, 0.2) is 4.99 Å². The normalized spacial score (nSPS) is 17.9. The molecule has 0 saturated carbocycles. The van der Waals surface area contributed by atoms with Crippen molar-refractivity contribution < 1.29 is 17.3 Å². The van der Waals surface area contributed by atoms with E-state index in [0.29, 0.717) is 13.2 Å². The topological polar surface area (TPSA) is 65.0 Å². The molecule has 1 rings (SSSR count).